The second-order valence-corrected chi connectivity index (χ2v) is 5.32. The Morgan fingerprint density at radius 3 is 2.59 bits per heavy atom. The van der Waals surface area contributed by atoms with E-state index in [2.05, 4.69) is 10.0 Å². The summed E-state index contributed by atoms with van der Waals surface area (Å²) in [6.45, 7) is 0.419. The molecule has 0 aliphatic rings. The van der Waals surface area contributed by atoms with E-state index in [1.165, 1.54) is 0 Å². The van der Waals surface area contributed by atoms with E-state index in [4.69, 9.17) is 0 Å². The molecule has 1 aromatic carbocycles. The molecule has 7 heteroatoms. The normalized spacial score (nSPS) is 12.6. The topological polar surface area (TPSA) is 78.4 Å². The van der Waals surface area contributed by atoms with Gasteiger partial charge in [0.05, 0.1) is 12.4 Å². The first-order valence-electron chi connectivity index (χ1n) is 4.83. The molecule has 0 spiro atoms. The van der Waals surface area contributed by atoms with Crippen LogP contribution in [0.25, 0.3) is 0 Å². The van der Waals surface area contributed by atoms with Crippen LogP contribution in [-0.2, 0) is 10.0 Å². The van der Waals surface area contributed by atoms with Crippen LogP contribution in [0, 0.1) is 0 Å². The monoisotopic (exact) mass is 280 g/mol. The smallest absolute Gasteiger partial charge is 0.229 e. The van der Waals surface area contributed by atoms with Crippen molar-refractivity contribution in [2.75, 3.05) is 24.6 Å². The average molecular weight is 281 g/mol. The highest BCUT2D eigenvalue weighted by atomic mass is 35.5. The van der Waals surface area contributed by atoms with Gasteiger partial charge in [-0.3, -0.25) is 4.72 Å². The molecule has 5 nitrogen and oxygen atoms in total. The van der Waals surface area contributed by atoms with Gasteiger partial charge in [0.25, 0.3) is 0 Å². The van der Waals surface area contributed by atoms with Gasteiger partial charge in [-0.2, -0.15) is 0 Å². The summed E-state index contributed by atoms with van der Waals surface area (Å²) < 4.78 is 24.4. The highest BCUT2D eigenvalue weighted by Gasteiger charge is 2.08. The van der Waals surface area contributed by atoms with Gasteiger partial charge in [0, 0.05) is 12.2 Å². The zero-order valence-electron chi connectivity index (χ0n) is 9.67. The summed E-state index contributed by atoms with van der Waals surface area (Å²) in [6, 6.07) is 6.69. The second kappa shape index (κ2) is 6.80. The Morgan fingerprint density at radius 2 is 2.06 bits per heavy atom. The van der Waals surface area contributed by atoms with E-state index >= 15 is 0 Å². The van der Waals surface area contributed by atoms with Gasteiger partial charge in [-0.05, 0) is 24.7 Å². The maximum absolute atomic E-state index is 11.0. The number of aliphatic hydroxyl groups is 1. The van der Waals surface area contributed by atoms with Crippen molar-refractivity contribution < 1.29 is 13.5 Å². The lowest BCUT2D eigenvalue weighted by Crippen LogP contribution is -2.17. The van der Waals surface area contributed by atoms with Crippen molar-refractivity contribution in [2.45, 2.75) is 6.10 Å². The van der Waals surface area contributed by atoms with Crippen molar-refractivity contribution in [3.05, 3.63) is 29.8 Å². The molecular weight excluding hydrogens is 264 g/mol. The lowest BCUT2D eigenvalue weighted by molar-refractivity contribution is 0.178. The molecule has 17 heavy (non-hydrogen) atoms. The second-order valence-electron chi connectivity index (χ2n) is 3.57. The fourth-order valence-electron chi connectivity index (χ4n) is 1.33. The van der Waals surface area contributed by atoms with Crippen LogP contribution in [0.4, 0.5) is 5.69 Å². The molecule has 0 amide bonds. The maximum Gasteiger partial charge on any atom is 0.229 e. The molecule has 1 atom stereocenters. The largest absolute Gasteiger partial charge is 0.387 e. The highest BCUT2D eigenvalue weighted by Crippen LogP contribution is 2.17. The Kier molecular flexibility index (Phi) is 6.48. The van der Waals surface area contributed by atoms with Crippen LogP contribution in [0.5, 0.6) is 0 Å². The molecule has 0 bridgehead atoms. The van der Waals surface area contributed by atoms with Crippen LogP contribution in [-0.4, -0.2) is 33.4 Å². The molecule has 1 rings (SSSR count). The Morgan fingerprint density at radius 1 is 1.41 bits per heavy atom. The van der Waals surface area contributed by atoms with E-state index < -0.39 is 16.1 Å². The first-order chi connectivity index (χ1) is 7.42. The number of hydrogen-bond acceptors (Lipinski definition) is 4. The number of rotatable bonds is 5. The minimum absolute atomic E-state index is 0. The van der Waals surface area contributed by atoms with Gasteiger partial charge in [0.15, 0.2) is 0 Å². The molecular formula is C10H17ClN2O3S. The van der Waals surface area contributed by atoms with Crippen molar-refractivity contribution >= 4 is 28.1 Å². The molecule has 0 radical (unpaired) electrons. The predicted octanol–water partition coefficient (Wildman–Crippen LogP) is 0.733. The molecule has 1 aromatic rings. The fourth-order valence-corrected chi connectivity index (χ4v) is 1.89. The third-order valence-corrected chi connectivity index (χ3v) is 2.58. The fraction of sp³-hybridized carbons (Fsp3) is 0.400. The number of hydrogen-bond donors (Lipinski definition) is 3. The van der Waals surface area contributed by atoms with Gasteiger partial charge in [0.2, 0.25) is 10.0 Å². The Balaban J connectivity index is 0.00000256. The number of halogens is 1. The molecule has 0 saturated heterocycles. The predicted molar refractivity (Wildman–Crippen MR) is 71.0 cm³/mol. The van der Waals surface area contributed by atoms with Crippen molar-refractivity contribution in [3.63, 3.8) is 0 Å². The minimum Gasteiger partial charge on any atom is -0.387 e. The van der Waals surface area contributed by atoms with Crippen LogP contribution < -0.4 is 10.0 Å². The van der Waals surface area contributed by atoms with E-state index in [-0.39, 0.29) is 12.4 Å². The SMILES string of the molecule is CNCC(O)c1cccc(NS(C)(=O)=O)c1.Cl. The van der Waals surface area contributed by atoms with E-state index in [9.17, 15) is 13.5 Å². The van der Waals surface area contributed by atoms with Crippen LogP contribution in [0.15, 0.2) is 24.3 Å². The minimum atomic E-state index is -3.28. The van der Waals surface area contributed by atoms with Crippen LogP contribution in [0.2, 0.25) is 0 Å². The molecule has 3 N–H and O–H groups in total. The van der Waals surface area contributed by atoms with Gasteiger partial charge < -0.3 is 10.4 Å². The Hall–Kier alpha value is -0.820. The summed E-state index contributed by atoms with van der Waals surface area (Å²) in [6.07, 6.45) is 0.440. The van der Waals surface area contributed by atoms with Crippen LogP contribution in [0.3, 0.4) is 0 Å². The summed E-state index contributed by atoms with van der Waals surface area (Å²) in [5, 5.41) is 12.5. The number of anilines is 1. The van der Waals surface area contributed by atoms with Crippen LogP contribution >= 0.6 is 12.4 Å². The zero-order valence-corrected chi connectivity index (χ0v) is 11.3. The molecule has 0 fully saturated rings. The summed E-state index contributed by atoms with van der Waals surface area (Å²) in [5.41, 5.74) is 1.12. The van der Waals surface area contributed by atoms with Crippen molar-refractivity contribution in [1.82, 2.24) is 5.32 Å². The standard InChI is InChI=1S/C10H16N2O3S.ClH/c1-11-7-10(13)8-4-3-5-9(6-8)12-16(2,14)15;/h3-6,10-13H,7H2,1-2H3;1H. The van der Waals surface area contributed by atoms with Gasteiger partial charge >= 0.3 is 0 Å². The maximum atomic E-state index is 11.0. The van der Waals surface area contributed by atoms with Gasteiger partial charge in [-0.25, -0.2) is 8.42 Å². The summed E-state index contributed by atoms with van der Waals surface area (Å²) >= 11 is 0. The van der Waals surface area contributed by atoms with Crippen molar-refractivity contribution in [1.29, 1.82) is 0 Å². The Labute approximate surface area is 108 Å². The van der Waals surface area contributed by atoms with E-state index in [0.29, 0.717) is 17.8 Å². The number of likely N-dealkylation sites (N-methyl/N-ethyl adjacent to an activating group) is 1. The third kappa shape index (κ3) is 5.88. The van der Waals surface area contributed by atoms with Crippen molar-refractivity contribution in [2.24, 2.45) is 0 Å². The first kappa shape index (κ1) is 16.2. The molecule has 0 aliphatic carbocycles. The highest BCUT2D eigenvalue weighted by molar-refractivity contribution is 7.92. The number of sulfonamides is 1. The summed E-state index contributed by atoms with van der Waals surface area (Å²) in [7, 11) is -1.54. The third-order valence-electron chi connectivity index (χ3n) is 1.97. The molecule has 0 aromatic heterocycles. The van der Waals surface area contributed by atoms with E-state index in [0.717, 1.165) is 6.26 Å². The van der Waals surface area contributed by atoms with Gasteiger partial charge in [-0.1, -0.05) is 12.1 Å². The zero-order chi connectivity index (χ0) is 12.2. The average Bonchev–Trinajstić information content (AvgIpc) is 2.16. The lowest BCUT2D eigenvalue weighted by atomic mass is 10.1. The first-order valence-corrected chi connectivity index (χ1v) is 6.72. The van der Waals surface area contributed by atoms with Crippen molar-refractivity contribution in [3.8, 4) is 0 Å². The molecule has 0 saturated carbocycles. The quantitative estimate of drug-likeness (QED) is 0.743. The van der Waals surface area contributed by atoms with Crippen LogP contribution in [0.1, 0.15) is 11.7 Å². The number of benzene rings is 1. The summed E-state index contributed by atoms with van der Waals surface area (Å²) in [4.78, 5) is 0. The Bertz CT molecular complexity index is 451. The lowest BCUT2D eigenvalue weighted by Gasteiger charge is -2.12. The van der Waals surface area contributed by atoms with E-state index in [1.54, 1.807) is 31.3 Å². The van der Waals surface area contributed by atoms with Gasteiger partial charge in [-0.15, -0.1) is 12.4 Å². The van der Waals surface area contributed by atoms with Gasteiger partial charge in [0.1, 0.15) is 0 Å². The molecule has 0 heterocycles. The van der Waals surface area contributed by atoms with E-state index in [1.807, 2.05) is 0 Å². The molecule has 0 aliphatic heterocycles. The number of nitrogens with one attached hydrogen (secondary N) is 2. The summed E-state index contributed by atoms with van der Waals surface area (Å²) in [5.74, 6) is 0. The molecule has 1 unspecified atom stereocenters. The number of aliphatic hydroxyl groups excluding tert-OH is 1. The molecule has 98 valence electrons.